The number of hydrogen-bond donors (Lipinski definition) is 0. The fraction of sp³-hybridized carbons (Fsp3) is 0.143. The van der Waals surface area contributed by atoms with E-state index in [-0.39, 0.29) is 11.6 Å². The highest BCUT2D eigenvalue weighted by Crippen LogP contribution is 2.26. The first kappa shape index (κ1) is 12.1. The molecule has 0 aliphatic rings. The Labute approximate surface area is 108 Å². The van der Waals surface area contributed by atoms with Gasteiger partial charge in [0.25, 0.3) is 0 Å². The third kappa shape index (κ3) is 3.07. The summed E-state index contributed by atoms with van der Waals surface area (Å²) in [6.45, 7) is 2.21. The molecule has 0 saturated carbocycles. The van der Waals surface area contributed by atoms with Crippen molar-refractivity contribution < 1.29 is 9.13 Å². The molecule has 2 rings (SSSR count). The lowest BCUT2D eigenvalue weighted by molar-refractivity contribution is 0.290. The van der Waals surface area contributed by atoms with Crippen molar-refractivity contribution in [1.29, 1.82) is 0 Å². The number of halogens is 2. The number of benzene rings is 2. The summed E-state index contributed by atoms with van der Waals surface area (Å²) in [5, 5.41) is 0. The van der Waals surface area contributed by atoms with Crippen LogP contribution in [-0.4, -0.2) is 0 Å². The molecule has 0 heterocycles. The fourth-order valence-corrected chi connectivity index (χ4v) is 1.80. The van der Waals surface area contributed by atoms with E-state index >= 15 is 0 Å². The van der Waals surface area contributed by atoms with Crippen LogP contribution in [-0.2, 0) is 6.61 Å². The van der Waals surface area contributed by atoms with Gasteiger partial charge in [-0.05, 0) is 30.2 Å². The second-order valence-electron chi connectivity index (χ2n) is 3.81. The van der Waals surface area contributed by atoms with Crippen molar-refractivity contribution in [2.24, 2.45) is 0 Å². The zero-order chi connectivity index (χ0) is 12.3. The van der Waals surface area contributed by atoms with Gasteiger partial charge in [-0.25, -0.2) is 4.39 Å². The van der Waals surface area contributed by atoms with Crippen LogP contribution in [0.1, 0.15) is 11.1 Å². The van der Waals surface area contributed by atoms with Crippen molar-refractivity contribution in [1.82, 2.24) is 0 Å². The first-order valence-electron chi connectivity index (χ1n) is 5.29. The van der Waals surface area contributed by atoms with Gasteiger partial charge in [-0.2, -0.15) is 0 Å². The third-order valence-electron chi connectivity index (χ3n) is 2.45. The van der Waals surface area contributed by atoms with Gasteiger partial charge in [-0.3, -0.25) is 0 Å². The molecule has 0 aliphatic carbocycles. The van der Waals surface area contributed by atoms with Crippen LogP contribution in [0.5, 0.6) is 5.75 Å². The minimum atomic E-state index is -0.332. The highest BCUT2D eigenvalue weighted by Gasteiger charge is 2.07. The van der Waals surface area contributed by atoms with Gasteiger partial charge in [0, 0.05) is 4.47 Å². The van der Waals surface area contributed by atoms with E-state index in [2.05, 4.69) is 15.9 Å². The highest BCUT2D eigenvalue weighted by atomic mass is 79.9. The third-order valence-corrected chi connectivity index (χ3v) is 3.30. The zero-order valence-corrected chi connectivity index (χ0v) is 11.0. The lowest BCUT2D eigenvalue weighted by atomic mass is 10.2. The van der Waals surface area contributed by atoms with Crippen molar-refractivity contribution in [3.8, 4) is 5.75 Å². The normalized spacial score (nSPS) is 10.3. The lowest BCUT2D eigenvalue weighted by Crippen LogP contribution is -1.97. The summed E-state index contributed by atoms with van der Waals surface area (Å²) >= 11 is 3.36. The summed E-state index contributed by atoms with van der Waals surface area (Å²) in [4.78, 5) is 0. The molecule has 3 heteroatoms. The maximum atomic E-state index is 13.6. The van der Waals surface area contributed by atoms with E-state index in [4.69, 9.17) is 4.74 Å². The average Bonchev–Trinajstić information content (AvgIpc) is 2.33. The molecule has 88 valence electrons. The Balaban J connectivity index is 2.12. The topological polar surface area (TPSA) is 9.23 Å². The molecule has 0 aliphatic heterocycles. The molecule has 2 aromatic rings. The SMILES string of the molecule is Cc1cc(F)c(OCc2ccccc2)cc1Br. The monoisotopic (exact) mass is 294 g/mol. The minimum absolute atomic E-state index is 0.270. The summed E-state index contributed by atoms with van der Waals surface area (Å²) in [5.74, 6) is -0.0621. The van der Waals surface area contributed by atoms with Crippen LogP contribution in [0, 0.1) is 12.7 Å². The fourth-order valence-electron chi connectivity index (χ4n) is 1.47. The molecule has 0 atom stereocenters. The number of aryl methyl sites for hydroxylation is 1. The maximum Gasteiger partial charge on any atom is 0.165 e. The average molecular weight is 295 g/mol. The van der Waals surface area contributed by atoms with Gasteiger partial charge >= 0.3 is 0 Å². The Hall–Kier alpha value is -1.35. The quantitative estimate of drug-likeness (QED) is 0.811. The largest absolute Gasteiger partial charge is 0.486 e. The first-order chi connectivity index (χ1) is 8.16. The zero-order valence-electron chi connectivity index (χ0n) is 9.41. The second-order valence-corrected chi connectivity index (χ2v) is 4.66. The lowest BCUT2D eigenvalue weighted by Gasteiger charge is -2.09. The molecule has 0 aromatic heterocycles. The molecule has 0 unspecified atom stereocenters. The predicted octanol–water partition coefficient (Wildman–Crippen LogP) is 4.48. The number of rotatable bonds is 3. The molecule has 1 nitrogen and oxygen atoms in total. The molecule has 17 heavy (non-hydrogen) atoms. The molecular formula is C14H12BrFO. The van der Waals surface area contributed by atoms with Crippen LogP contribution >= 0.6 is 15.9 Å². The Morgan fingerprint density at radius 2 is 1.88 bits per heavy atom. The number of hydrogen-bond acceptors (Lipinski definition) is 1. The van der Waals surface area contributed by atoms with Gasteiger partial charge < -0.3 is 4.74 Å². The molecule has 0 radical (unpaired) electrons. The Bertz CT molecular complexity index is 511. The highest BCUT2D eigenvalue weighted by molar-refractivity contribution is 9.10. The molecule has 0 amide bonds. The van der Waals surface area contributed by atoms with Gasteiger partial charge in [0.05, 0.1) is 0 Å². The van der Waals surface area contributed by atoms with E-state index in [0.29, 0.717) is 6.61 Å². The summed E-state index contributed by atoms with van der Waals surface area (Å²) in [5.41, 5.74) is 1.87. The Kier molecular flexibility index (Phi) is 3.79. The molecular weight excluding hydrogens is 283 g/mol. The summed E-state index contributed by atoms with van der Waals surface area (Å²) < 4.78 is 19.9. The van der Waals surface area contributed by atoms with Crippen LogP contribution in [0.15, 0.2) is 46.9 Å². The van der Waals surface area contributed by atoms with Gasteiger partial charge in [-0.1, -0.05) is 46.3 Å². The van der Waals surface area contributed by atoms with E-state index < -0.39 is 0 Å². The maximum absolute atomic E-state index is 13.6. The smallest absolute Gasteiger partial charge is 0.165 e. The minimum Gasteiger partial charge on any atom is -0.486 e. The van der Waals surface area contributed by atoms with Gasteiger partial charge in [0.1, 0.15) is 6.61 Å². The van der Waals surface area contributed by atoms with Crippen molar-refractivity contribution in [2.75, 3.05) is 0 Å². The van der Waals surface area contributed by atoms with Crippen LogP contribution in [0.4, 0.5) is 4.39 Å². The molecule has 0 N–H and O–H groups in total. The van der Waals surface area contributed by atoms with E-state index in [0.717, 1.165) is 15.6 Å². The Morgan fingerprint density at radius 1 is 1.18 bits per heavy atom. The number of ether oxygens (including phenoxy) is 1. The summed E-state index contributed by atoms with van der Waals surface area (Å²) in [7, 11) is 0. The molecule has 0 bridgehead atoms. The molecule has 0 spiro atoms. The van der Waals surface area contributed by atoms with Crippen LogP contribution in [0.3, 0.4) is 0 Å². The summed E-state index contributed by atoms with van der Waals surface area (Å²) in [6, 6.07) is 12.8. The first-order valence-corrected chi connectivity index (χ1v) is 6.08. The molecule has 0 fully saturated rings. The van der Waals surface area contributed by atoms with Crippen molar-refractivity contribution in [3.05, 3.63) is 63.9 Å². The van der Waals surface area contributed by atoms with Crippen LogP contribution in [0.25, 0.3) is 0 Å². The summed E-state index contributed by atoms with van der Waals surface area (Å²) in [6.07, 6.45) is 0. The standard InChI is InChI=1S/C14H12BrFO/c1-10-7-13(16)14(8-12(10)15)17-9-11-5-3-2-4-6-11/h2-8H,9H2,1H3. The second kappa shape index (κ2) is 5.32. The molecule has 2 aromatic carbocycles. The molecule has 0 saturated heterocycles. The van der Waals surface area contributed by atoms with Crippen molar-refractivity contribution >= 4 is 15.9 Å². The van der Waals surface area contributed by atoms with E-state index in [1.807, 2.05) is 37.3 Å². The van der Waals surface area contributed by atoms with Gasteiger partial charge in [0.2, 0.25) is 0 Å². The van der Waals surface area contributed by atoms with E-state index in [1.165, 1.54) is 6.07 Å². The predicted molar refractivity (Wildman–Crippen MR) is 69.6 cm³/mol. The van der Waals surface area contributed by atoms with Crippen molar-refractivity contribution in [2.45, 2.75) is 13.5 Å². The van der Waals surface area contributed by atoms with Crippen molar-refractivity contribution in [3.63, 3.8) is 0 Å². The van der Waals surface area contributed by atoms with Gasteiger partial charge in [-0.15, -0.1) is 0 Å². The van der Waals surface area contributed by atoms with E-state index in [1.54, 1.807) is 6.07 Å². The van der Waals surface area contributed by atoms with Gasteiger partial charge in [0.15, 0.2) is 11.6 Å². The van der Waals surface area contributed by atoms with Crippen LogP contribution < -0.4 is 4.74 Å². The Morgan fingerprint density at radius 3 is 2.59 bits per heavy atom. The van der Waals surface area contributed by atoms with E-state index in [9.17, 15) is 4.39 Å². The van der Waals surface area contributed by atoms with Crippen LogP contribution in [0.2, 0.25) is 0 Å².